The van der Waals surface area contributed by atoms with Crippen LogP contribution < -0.4 is 10.2 Å². The highest BCUT2D eigenvalue weighted by molar-refractivity contribution is 7.16. The van der Waals surface area contributed by atoms with Crippen LogP contribution in [-0.2, 0) is 0 Å². The van der Waals surface area contributed by atoms with Gasteiger partial charge in [0, 0.05) is 32.0 Å². The van der Waals surface area contributed by atoms with E-state index in [1.165, 1.54) is 12.8 Å². The number of nitrogens with zero attached hydrogens (tertiary/aromatic N) is 5. The number of aromatic nitrogens is 4. The number of anilines is 2. The molecule has 1 N–H and O–H groups in total. The Hall–Kier alpha value is -2.28. The van der Waals surface area contributed by atoms with Gasteiger partial charge in [-0.05, 0) is 36.3 Å². The number of fused-ring (bicyclic) bond motifs is 1. The summed E-state index contributed by atoms with van der Waals surface area (Å²) in [7, 11) is 0. The lowest BCUT2D eigenvalue weighted by Gasteiger charge is -2.32. The summed E-state index contributed by atoms with van der Waals surface area (Å²) >= 11 is 1.64. The van der Waals surface area contributed by atoms with E-state index < -0.39 is 0 Å². The standard InChI is InChI=1S/C16H18N6S/c1-3-12(10-22(7-1)16-17-5-2-6-18-16)9-19-14-13-4-8-23-15(13)21-11-20-14/h2,4-6,8,11-12H,1,3,7,9-10H2,(H,19,20,21). The maximum Gasteiger partial charge on any atom is 0.225 e. The number of piperidine rings is 1. The van der Waals surface area contributed by atoms with E-state index in [1.807, 2.05) is 6.07 Å². The summed E-state index contributed by atoms with van der Waals surface area (Å²) in [6.07, 6.45) is 7.62. The molecule has 3 aromatic heterocycles. The Kier molecular flexibility index (Phi) is 4.02. The summed E-state index contributed by atoms with van der Waals surface area (Å²) in [5.74, 6) is 2.33. The molecule has 0 bridgehead atoms. The van der Waals surface area contributed by atoms with E-state index in [4.69, 9.17) is 0 Å². The molecule has 6 nitrogen and oxygen atoms in total. The Morgan fingerprint density at radius 3 is 3.04 bits per heavy atom. The van der Waals surface area contributed by atoms with Gasteiger partial charge >= 0.3 is 0 Å². The van der Waals surface area contributed by atoms with Gasteiger partial charge in [0.05, 0.1) is 5.39 Å². The van der Waals surface area contributed by atoms with Crippen LogP contribution in [0.15, 0.2) is 36.2 Å². The summed E-state index contributed by atoms with van der Waals surface area (Å²) in [5.41, 5.74) is 0. The van der Waals surface area contributed by atoms with E-state index in [0.717, 1.165) is 41.6 Å². The van der Waals surface area contributed by atoms with Gasteiger partial charge in [0.25, 0.3) is 0 Å². The van der Waals surface area contributed by atoms with Gasteiger partial charge in [-0.25, -0.2) is 19.9 Å². The van der Waals surface area contributed by atoms with Crippen molar-refractivity contribution in [2.24, 2.45) is 5.92 Å². The molecular weight excluding hydrogens is 308 g/mol. The van der Waals surface area contributed by atoms with Gasteiger partial charge in [0.1, 0.15) is 17.0 Å². The van der Waals surface area contributed by atoms with E-state index in [2.05, 4.69) is 41.6 Å². The topological polar surface area (TPSA) is 66.8 Å². The predicted octanol–water partition coefficient (Wildman–Crippen LogP) is 2.81. The van der Waals surface area contributed by atoms with E-state index in [-0.39, 0.29) is 0 Å². The molecule has 0 aromatic carbocycles. The number of thiophene rings is 1. The molecule has 4 rings (SSSR count). The molecule has 7 heteroatoms. The molecule has 0 spiro atoms. The van der Waals surface area contributed by atoms with Crippen molar-refractivity contribution in [3.05, 3.63) is 36.2 Å². The van der Waals surface area contributed by atoms with Crippen molar-refractivity contribution < 1.29 is 0 Å². The number of rotatable bonds is 4. The lowest BCUT2D eigenvalue weighted by atomic mass is 9.98. The molecule has 1 aliphatic heterocycles. The summed E-state index contributed by atoms with van der Waals surface area (Å²) in [6, 6.07) is 3.93. The van der Waals surface area contributed by atoms with Crippen molar-refractivity contribution in [3.63, 3.8) is 0 Å². The van der Waals surface area contributed by atoms with Crippen LogP contribution in [0.4, 0.5) is 11.8 Å². The highest BCUT2D eigenvalue weighted by Gasteiger charge is 2.21. The second-order valence-electron chi connectivity index (χ2n) is 5.75. The highest BCUT2D eigenvalue weighted by Crippen LogP contribution is 2.25. The molecule has 0 saturated carbocycles. The Labute approximate surface area is 138 Å². The summed E-state index contributed by atoms with van der Waals surface area (Å²) in [5, 5.41) is 6.67. The molecule has 4 heterocycles. The minimum Gasteiger partial charge on any atom is -0.369 e. The molecule has 118 valence electrons. The Bertz CT molecular complexity index is 774. The van der Waals surface area contributed by atoms with Crippen molar-refractivity contribution in [2.45, 2.75) is 12.8 Å². The van der Waals surface area contributed by atoms with Gasteiger partial charge in [-0.15, -0.1) is 11.3 Å². The smallest absolute Gasteiger partial charge is 0.225 e. The maximum absolute atomic E-state index is 4.39. The number of hydrogen-bond acceptors (Lipinski definition) is 7. The zero-order valence-electron chi connectivity index (χ0n) is 12.7. The third-order valence-corrected chi connectivity index (χ3v) is 4.99. The highest BCUT2D eigenvalue weighted by atomic mass is 32.1. The Morgan fingerprint density at radius 2 is 2.13 bits per heavy atom. The minimum absolute atomic E-state index is 0.566. The zero-order valence-corrected chi connectivity index (χ0v) is 13.5. The van der Waals surface area contributed by atoms with E-state index >= 15 is 0 Å². The molecular formula is C16H18N6S. The van der Waals surface area contributed by atoms with Crippen molar-refractivity contribution >= 4 is 33.3 Å². The molecule has 0 aliphatic carbocycles. The summed E-state index contributed by atoms with van der Waals surface area (Å²) in [6.45, 7) is 2.92. The molecule has 1 atom stereocenters. The Morgan fingerprint density at radius 1 is 1.22 bits per heavy atom. The third-order valence-electron chi connectivity index (χ3n) is 4.17. The molecule has 1 fully saturated rings. The monoisotopic (exact) mass is 326 g/mol. The van der Waals surface area contributed by atoms with E-state index in [1.54, 1.807) is 30.1 Å². The van der Waals surface area contributed by atoms with Crippen LogP contribution in [0.5, 0.6) is 0 Å². The Balaban J connectivity index is 1.42. The first-order chi connectivity index (χ1) is 11.4. The van der Waals surface area contributed by atoms with Crippen LogP contribution in [0.1, 0.15) is 12.8 Å². The van der Waals surface area contributed by atoms with Crippen molar-refractivity contribution in [2.75, 3.05) is 29.9 Å². The molecule has 0 amide bonds. The van der Waals surface area contributed by atoms with Crippen LogP contribution in [0.2, 0.25) is 0 Å². The third kappa shape index (κ3) is 3.10. The summed E-state index contributed by atoms with van der Waals surface area (Å²) < 4.78 is 0. The van der Waals surface area contributed by atoms with Crippen molar-refractivity contribution in [1.29, 1.82) is 0 Å². The molecule has 0 radical (unpaired) electrons. The van der Waals surface area contributed by atoms with Crippen LogP contribution in [0, 0.1) is 5.92 Å². The molecule has 1 unspecified atom stereocenters. The van der Waals surface area contributed by atoms with Crippen LogP contribution in [0.25, 0.3) is 10.2 Å². The molecule has 23 heavy (non-hydrogen) atoms. The fraction of sp³-hybridized carbons (Fsp3) is 0.375. The second kappa shape index (κ2) is 6.45. The lowest BCUT2D eigenvalue weighted by molar-refractivity contribution is 0.427. The van der Waals surface area contributed by atoms with Gasteiger partial charge in [-0.1, -0.05) is 0 Å². The van der Waals surface area contributed by atoms with Gasteiger partial charge in [0.15, 0.2) is 0 Å². The van der Waals surface area contributed by atoms with Crippen LogP contribution in [0.3, 0.4) is 0 Å². The normalized spacial score (nSPS) is 18.3. The summed E-state index contributed by atoms with van der Waals surface area (Å²) in [4.78, 5) is 20.7. The van der Waals surface area contributed by atoms with Crippen molar-refractivity contribution in [3.8, 4) is 0 Å². The molecule has 3 aromatic rings. The first-order valence-corrected chi connectivity index (χ1v) is 8.72. The minimum atomic E-state index is 0.566. The van der Waals surface area contributed by atoms with Crippen molar-refractivity contribution in [1.82, 2.24) is 19.9 Å². The maximum atomic E-state index is 4.39. The number of hydrogen-bond donors (Lipinski definition) is 1. The van der Waals surface area contributed by atoms with Gasteiger partial charge in [-0.3, -0.25) is 0 Å². The lowest BCUT2D eigenvalue weighted by Crippen LogP contribution is -2.39. The van der Waals surface area contributed by atoms with E-state index in [9.17, 15) is 0 Å². The van der Waals surface area contributed by atoms with E-state index in [0.29, 0.717) is 5.92 Å². The molecule has 1 saturated heterocycles. The average molecular weight is 326 g/mol. The van der Waals surface area contributed by atoms with Gasteiger partial charge in [0.2, 0.25) is 5.95 Å². The first-order valence-electron chi connectivity index (χ1n) is 7.84. The van der Waals surface area contributed by atoms with Crippen LogP contribution in [-0.4, -0.2) is 39.6 Å². The zero-order chi connectivity index (χ0) is 15.5. The van der Waals surface area contributed by atoms with Gasteiger partial charge < -0.3 is 10.2 Å². The SMILES string of the molecule is c1cnc(N2CCCC(CNc3ncnc4sccc34)C2)nc1. The van der Waals surface area contributed by atoms with Crippen LogP contribution >= 0.6 is 11.3 Å². The van der Waals surface area contributed by atoms with Gasteiger partial charge in [-0.2, -0.15) is 0 Å². The second-order valence-corrected chi connectivity index (χ2v) is 6.64. The first kappa shape index (κ1) is 14.3. The predicted molar refractivity (Wildman–Crippen MR) is 92.9 cm³/mol. The molecule has 1 aliphatic rings. The fourth-order valence-corrected chi connectivity index (χ4v) is 3.77. The fourth-order valence-electron chi connectivity index (χ4n) is 3.04. The largest absolute Gasteiger partial charge is 0.369 e. The quantitative estimate of drug-likeness (QED) is 0.795. The number of nitrogens with one attached hydrogen (secondary N) is 1. The average Bonchev–Trinajstić information content (AvgIpc) is 3.10.